The molecule has 4 nitrogen and oxygen atoms in total. The van der Waals surface area contributed by atoms with Crippen LogP contribution in [0.5, 0.6) is 11.5 Å². The second kappa shape index (κ2) is 5.77. The van der Waals surface area contributed by atoms with Crippen LogP contribution in [0.15, 0.2) is 7.57 Å². The molecule has 2 rings (SSSR count). The van der Waals surface area contributed by atoms with E-state index < -0.39 is 5.97 Å². The van der Waals surface area contributed by atoms with E-state index in [0.29, 0.717) is 18.1 Å². The summed E-state index contributed by atoms with van der Waals surface area (Å²) in [5, 5.41) is 0. The van der Waals surface area contributed by atoms with Gasteiger partial charge in [-0.25, -0.2) is 0 Å². The van der Waals surface area contributed by atoms with Gasteiger partial charge in [0.15, 0.2) is 17.6 Å². The van der Waals surface area contributed by atoms with Crippen LogP contribution in [0, 0.1) is 0 Å². The first-order valence-corrected chi connectivity index (χ1v) is 7.54. The number of thiophene rings is 1. The number of esters is 1. The average molecular weight is 406 g/mol. The lowest BCUT2D eigenvalue weighted by molar-refractivity contribution is -0.143. The first-order chi connectivity index (χ1) is 8.11. The van der Waals surface area contributed by atoms with Crippen molar-refractivity contribution >= 4 is 60.8 Å². The van der Waals surface area contributed by atoms with E-state index in [4.69, 9.17) is 25.8 Å². The summed E-state index contributed by atoms with van der Waals surface area (Å²) in [5.41, 5.74) is 0. The molecule has 1 aromatic heterocycles. The molecule has 0 fully saturated rings. The summed E-state index contributed by atoms with van der Waals surface area (Å²) in [6, 6.07) is 0. The third-order valence-electron chi connectivity index (χ3n) is 1.98. The summed E-state index contributed by atoms with van der Waals surface area (Å²) in [6.07, 6.45) is -0.313. The predicted octanol–water partition coefficient (Wildman–Crippen LogP) is 3.19. The number of alkyl halides is 1. The molecular weight excluding hydrogens is 399 g/mol. The molecule has 0 amide bonds. The van der Waals surface area contributed by atoms with Gasteiger partial charge in [0.25, 0.3) is 0 Å². The summed E-state index contributed by atoms with van der Waals surface area (Å²) >= 11 is 13.5. The van der Waals surface area contributed by atoms with Crippen LogP contribution in [-0.2, 0) is 9.53 Å². The number of halogens is 3. The second-order valence-electron chi connectivity index (χ2n) is 3.18. The zero-order valence-electron chi connectivity index (χ0n) is 8.37. The highest BCUT2D eigenvalue weighted by Gasteiger charge is 2.28. The summed E-state index contributed by atoms with van der Waals surface area (Å²) in [4.78, 5) is 10.9. The first-order valence-electron chi connectivity index (χ1n) is 4.60. The quantitative estimate of drug-likeness (QED) is 0.571. The molecule has 0 aromatic carbocycles. The van der Waals surface area contributed by atoms with Gasteiger partial charge < -0.3 is 14.2 Å². The van der Waals surface area contributed by atoms with Crippen LogP contribution in [0.25, 0.3) is 0 Å². The summed E-state index contributed by atoms with van der Waals surface area (Å²) < 4.78 is 17.8. The van der Waals surface area contributed by atoms with Crippen molar-refractivity contribution in [2.45, 2.75) is 6.10 Å². The zero-order valence-corrected chi connectivity index (χ0v) is 13.1. The molecule has 0 N–H and O–H groups in total. The Bertz CT molecular complexity index is 437. The van der Waals surface area contributed by atoms with E-state index >= 15 is 0 Å². The van der Waals surface area contributed by atoms with Crippen molar-refractivity contribution < 1.29 is 19.0 Å². The Hall–Kier alpha value is 0.0200. The highest BCUT2D eigenvalue weighted by molar-refractivity contribution is 9.12. The van der Waals surface area contributed by atoms with E-state index in [1.54, 1.807) is 0 Å². The molecule has 1 aliphatic heterocycles. The summed E-state index contributed by atoms with van der Waals surface area (Å²) in [6.45, 7) is 0.467. The Kier molecular flexibility index (Phi) is 4.57. The zero-order chi connectivity index (χ0) is 12.4. The van der Waals surface area contributed by atoms with Crippen LogP contribution < -0.4 is 9.47 Å². The Balaban J connectivity index is 1.99. The lowest BCUT2D eigenvalue weighted by atomic mass is 10.3. The molecule has 1 aromatic rings. The van der Waals surface area contributed by atoms with Crippen LogP contribution in [0.2, 0.25) is 0 Å². The fourth-order valence-corrected chi connectivity index (χ4v) is 4.16. The van der Waals surface area contributed by atoms with E-state index in [2.05, 4.69) is 31.9 Å². The number of ether oxygens (including phenoxy) is 3. The Morgan fingerprint density at radius 3 is 2.88 bits per heavy atom. The molecule has 0 bridgehead atoms. The predicted molar refractivity (Wildman–Crippen MR) is 71.3 cm³/mol. The van der Waals surface area contributed by atoms with E-state index in [1.165, 1.54) is 11.3 Å². The fraction of sp³-hybridized carbons (Fsp3) is 0.444. The molecular formula is C9H7Br2ClO4S. The van der Waals surface area contributed by atoms with E-state index in [-0.39, 0.29) is 18.6 Å². The minimum Gasteiger partial charge on any atom is -0.484 e. The molecule has 17 heavy (non-hydrogen) atoms. The van der Waals surface area contributed by atoms with Crippen molar-refractivity contribution in [3.05, 3.63) is 7.57 Å². The molecule has 0 radical (unpaired) electrons. The summed E-state index contributed by atoms with van der Waals surface area (Å²) in [7, 11) is 0. The highest BCUT2D eigenvalue weighted by Crippen LogP contribution is 2.50. The van der Waals surface area contributed by atoms with E-state index in [1.807, 2.05) is 0 Å². The van der Waals surface area contributed by atoms with Crippen molar-refractivity contribution in [2.24, 2.45) is 0 Å². The molecule has 8 heteroatoms. The Labute approximate surface area is 123 Å². The molecule has 1 unspecified atom stereocenters. The number of hydrogen-bond donors (Lipinski definition) is 0. The molecule has 94 valence electrons. The summed E-state index contributed by atoms with van der Waals surface area (Å²) in [5.74, 6) is 0.695. The fourth-order valence-electron chi connectivity index (χ4n) is 1.26. The lowest BCUT2D eigenvalue weighted by Crippen LogP contribution is -2.34. The normalized spacial score (nSPS) is 17.9. The molecule has 0 saturated heterocycles. The molecule has 0 saturated carbocycles. The molecule has 0 spiro atoms. The smallest absolute Gasteiger partial charge is 0.321 e. The van der Waals surface area contributed by atoms with Crippen molar-refractivity contribution in [3.8, 4) is 11.5 Å². The first kappa shape index (κ1) is 13.5. The van der Waals surface area contributed by atoms with Crippen LogP contribution in [-0.4, -0.2) is 31.2 Å². The van der Waals surface area contributed by atoms with Gasteiger partial charge in [0.1, 0.15) is 26.7 Å². The van der Waals surface area contributed by atoms with Gasteiger partial charge in [-0.1, -0.05) is 0 Å². The highest BCUT2D eigenvalue weighted by atomic mass is 79.9. The molecule has 2 heterocycles. The number of hydrogen-bond acceptors (Lipinski definition) is 5. The molecule has 0 aliphatic carbocycles. The number of carbonyl (C=O) groups excluding carboxylic acids is 1. The van der Waals surface area contributed by atoms with E-state index in [0.717, 1.165) is 7.57 Å². The Morgan fingerprint density at radius 1 is 1.47 bits per heavy atom. The van der Waals surface area contributed by atoms with E-state index in [9.17, 15) is 4.79 Å². The van der Waals surface area contributed by atoms with Gasteiger partial charge in [0.05, 0.1) is 0 Å². The third-order valence-corrected chi connectivity index (χ3v) is 4.62. The van der Waals surface area contributed by atoms with Gasteiger partial charge in [-0.3, -0.25) is 4.79 Å². The maximum Gasteiger partial charge on any atom is 0.321 e. The van der Waals surface area contributed by atoms with Gasteiger partial charge in [-0.2, -0.15) is 0 Å². The van der Waals surface area contributed by atoms with Gasteiger partial charge in [0.2, 0.25) is 0 Å². The minimum atomic E-state index is -0.466. The average Bonchev–Trinajstić information content (AvgIpc) is 2.62. The monoisotopic (exact) mass is 404 g/mol. The third kappa shape index (κ3) is 3.07. The second-order valence-corrected chi connectivity index (χ2v) is 7.10. The molecule has 1 atom stereocenters. The van der Waals surface area contributed by atoms with Gasteiger partial charge in [-0.05, 0) is 31.9 Å². The van der Waals surface area contributed by atoms with Crippen LogP contribution in [0.4, 0.5) is 0 Å². The SMILES string of the molecule is O=C(CCl)OCC1COc2c(Br)sc(Br)c2O1. The topological polar surface area (TPSA) is 44.8 Å². The van der Waals surface area contributed by atoms with Crippen molar-refractivity contribution in [1.29, 1.82) is 0 Å². The van der Waals surface area contributed by atoms with Crippen LogP contribution in [0.1, 0.15) is 0 Å². The lowest BCUT2D eigenvalue weighted by Gasteiger charge is -2.24. The standard InChI is InChI=1S/C9H7Br2ClO4S/c10-8-6-7(9(11)17-8)16-4(3-15-6)2-14-5(13)1-12/h4H,1-3H2. The maximum atomic E-state index is 10.9. The molecule has 1 aliphatic rings. The Morgan fingerprint density at radius 2 is 2.18 bits per heavy atom. The van der Waals surface area contributed by atoms with Crippen molar-refractivity contribution in [3.63, 3.8) is 0 Å². The minimum absolute atomic E-state index is 0.130. The number of fused-ring (bicyclic) bond motifs is 1. The van der Waals surface area contributed by atoms with Crippen molar-refractivity contribution in [1.82, 2.24) is 0 Å². The van der Waals surface area contributed by atoms with Crippen LogP contribution >= 0.6 is 54.8 Å². The van der Waals surface area contributed by atoms with Crippen LogP contribution in [0.3, 0.4) is 0 Å². The van der Waals surface area contributed by atoms with Gasteiger partial charge >= 0.3 is 5.97 Å². The van der Waals surface area contributed by atoms with Gasteiger partial charge in [0, 0.05) is 0 Å². The largest absolute Gasteiger partial charge is 0.484 e. The maximum absolute atomic E-state index is 10.9. The number of rotatable bonds is 3. The number of carbonyl (C=O) groups is 1. The van der Waals surface area contributed by atoms with Crippen molar-refractivity contribution in [2.75, 3.05) is 19.1 Å². The van der Waals surface area contributed by atoms with Gasteiger partial charge in [-0.15, -0.1) is 22.9 Å².